The molecule has 2 bridgehead atoms. The minimum absolute atomic E-state index is 0.783. The Morgan fingerprint density at radius 1 is 1.06 bits per heavy atom. The number of thioether (sulfide) groups is 1. The number of hydrogen-bond donors (Lipinski definition) is 1. The number of fused-ring (bicyclic) bond motifs is 2. The zero-order chi connectivity index (χ0) is 12.4. The zero-order valence-corrected chi connectivity index (χ0v) is 12.4. The van der Waals surface area contributed by atoms with Crippen LogP contribution < -0.4 is 5.32 Å². The standard InChI is InChI=1S/C14H27N3S/c1-15-12-10-13-2-3-14(11-12)17(13)5-4-16-6-8-18-9-7-16/h12-15H,2-11H2,1H3. The van der Waals surface area contributed by atoms with Crippen LogP contribution in [0.25, 0.3) is 0 Å². The smallest absolute Gasteiger partial charge is 0.0115 e. The van der Waals surface area contributed by atoms with Gasteiger partial charge in [0.15, 0.2) is 0 Å². The molecule has 3 rings (SSSR count). The Kier molecular flexibility index (Phi) is 4.50. The number of nitrogens with one attached hydrogen (secondary N) is 1. The van der Waals surface area contributed by atoms with Gasteiger partial charge in [0.2, 0.25) is 0 Å². The molecule has 104 valence electrons. The number of hydrogen-bond acceptors (Lipinski definition) is 4. The van der Waals surface area contributed by atoms with Crippen LogP contribution in [0.3, 0.4) is 0 Å². The van der Waals surface area contributed by atoms with Gasteiger partial charge in [-0.2, -0.15) is 11.8 Å². The lowest BCUT2D eigenvalue weighted by molar-refractivity contribution is 0.104. The predicted octanol–water partition coefficient (Wildman–Crippen LogP) is 1.25. The highest BCUT2D eigenvalue weighted by molar-refractivity contribution is 7.99. The van der Waals surface area contributed by atoms with Crippen molar-refractivity contribution in [3.8, 4) is 0 Å². The van der Waals surface area contributed by atoms with E-state index in [0.29, 0.717) is 0 Å². The summed E-state index contributed by atoms with van der Waals surface area (Å²) >= 11 is 2.11. The van der Waals surface area contributed by atoms with Gasteiger partial charge in [-0.25, -0.2) is 0 Å². The van der Waals surface area contributed by atoms with E-state index in [2.05, 4.69) is 33.9 Å². The van der Waals surface area contributed by atoms with E-state index in [4.69, 9.17) is 0 Å². The van der Waals surface area contributed by atoms with Gasteiger partial charge in [0.1, 0.15) is 0 Å². The molecule has 18 heavy (non-hydrogen) atoms. The molecule has 3 aliphatic heterocycles. The first-order chi connectivity index (χ1) is 8.86. The molecule has 2 unspecified atom stereocenters. The maximum atomic E-state index is 3.49. The molecule has 4 heteroatoms. The van der Waals surface area contributed by atoms with Crippen LogP contribution in [0.15, 0.2) is 0 Å². The van der Waals surface area contributed by atoms with E-state index in [0.717, 1.165) is 18.1 Å². The first-order valence-corrected chi connectivity index (χ1v) is 8.75. The summed E-state index contributed by atoms with van der Waals surface area (Å²) < 4.78 is 0. The molecule has 2 atom stereocenters. The second-order valence-electron chi connectivity index (χ2n) is 6.03. The lowest BCUT2D eigenvalue weighted by Crippen LogP contribution is -2.50. The van der Waals surface area contributed by atoms with Crippen molar-refractivity contribution in [3.63, 3.8) is 0 Å². The molecule has 3 heterocycles. The monoisotopic (exact) mass is 269 g/mol. The summed E-state index contributed by atoms with van der Waals surface area (Å²) in [5, 5.41) is 3.49. The molecule has 0 amide bonds. The zero-order valence-electron chi connectivity index (χ0n) is 11.6. The molecular weight excluding hydrogens is 242 g/mol. The minimum atomic E-state index is 0.783. The van der Waals surface area contributed by atoms with Crippen molar-refractivity contribution in [3.05, 3.63) is 0 Å². The van der Waals surface area contributed by atoms with Gasteiger partial charge < -0.3 is 10.2 Å². The highest BCUT2D eigenvalue weighted by Crippen LogP contribution is 2.35. The summed E-state index contributed by atoms with van der Waals surface area (Å²) in [6.45, 7) is 5.24. The number of piperidine rings is 1. The molecule has 0 saturated carbocycles. The highest BCUT2D eigenvalue weighted by Gasteiger charge is 2.39. The summed E-state index contributed by atoms with van der Waals surface area (Å²) in [6.07, 6.45) is 5.64. The Bertz CT molecular complexity index is 254. The molecule has 0 aromatic rings. The summed E-state index contributed by atoms with van der Waals surface area (Å²) in [7, 11) is 2.13. The van der Waals surface area contributed by atoms with E-state index in [9.17, 15) is 0 Å². The normalized spacial score (nSPS) is 38.2. The number of rotatable bonds is 4. The van der Waals surface area contributed by atoms with Crippen LogP contribution >= 0.6 is 11.8 Å². The fourth-order valence-corrected chi connectivity index (χ4v) is 4.94. The summed E-state index contributed by atoms with van der Waals surface area (Å²) in [5.74, 6) is 2.68. The molecular formula is C14H27N3S. The van der Waals surface area contributed by atoms with Crippen LogP contribution in [0, 0.1) is 0 Å². The van der Waals surface area contributed by atoms with Crippen molar-refractivity contribution in [2.75, 3.05) is 44.7 Å². The summed E-state index contributed by atoms with van der Waals surface area (Å²) in [5.41, 5.74) is 0. The van der Waals surface area contributed by atoms with E-state index >= 15 is 0 Å². The quantitative estimate of drug-likeness (QED) is 0.827. The van der Waals surface area contributed by atoms with Gasteiger partial charge in [-0.05, 0) is 32.7 Å². The van der Waals surface area contributed by atoms with Gasteiger partial charge in [0, 0.05) is 55.8 Å². The lowest BCUT2D eigenvalue weighted by atomic mass is 9.97. The molecule has 0 spiro atoms. The van der Waals surface area contributed by atoms with E-state index in [1.165, 1.54) is 63.4 Å². The highest BCUT2D eigenvalue weighted by atomic mass is 32.2. The topological polar surface area (TPSA) is 18.5 Å². The summed E-state index contributed by atoms with van der Waals surface area (Å²) in [4.78, 5) is 5.50. The van der Waals surface area contributed by atoms with Crippen molar-refractivity contribution in [1.29, 1.82) is 0 Å². The molecule has 0 aromatic carbocycles. The third kappa shape index (κ3) is 2.87. The van der Waals surface area contributed by atoms with Crippen LogP contribution in [0.4, 0.5) is 0 Å². The molecule has 3 fully saturated rings. The van der Waals surface area contributed by atoms with Gasteiger partial charge in [0.25, 0.3) is 0 Å². The average molecular weight is 269 g/mol. The molecule has 3 saturated heterocycles. The molecule has 0 aliphatic carbocycles. The van der Waals surface area contributed by atoms with E-state index < -0.39 is 0 Å². The predicted molar refractivity (Wildman–Crippen MR) is 79.4 cm³/mol. The van der Waals surface area contributed by atoms with Crippen molar-refractivity contribution in [1.82, 2.24) is 15.1 Å². The van der Waals surface area contributed by atoms with Crippen molar-refractivity contribution >= 4 is 11.8 Å². The Labute approximate surface area is 116 Å². The van der Waals surface area contributed by atoms with Crippen LogP contribution in [0.1, 0.15) is 25.7 Å². The summed E-state index contributed by atoms with van der Waals surface area (Å²) in [6, 6.07) is 2.53. The fourth-order valence-electron chi connectivity index (χ4n) is 3.96. The van der Waals surface area contributed by atoms with E-state index in [1.807, 2.05) is 0 Å². The van der Waals surface area contributed by atoms with Crippen LogP contribution in [0.5, 0.6) is 0 Å². The molecule has 0 radical (unpaired) electrons. The van der Waals surface area contributed by atoms with Gasteiger partial charge in [-0.15, -0.1) is 0 Å². The van der Waals surface area contributed by atoms with Gasteiger partial charge in [-0.1, -0.05) is 0 Å². The molecule has 1 N–H and O–H groups in total. The van der Waals surface area contributed by atoms with Crippen LogP contribution in [0.2, 0.25) is 0 Å². The van der Waals surface area contributed by atoms with Gasteiger partial charge in [-0.3, -0.25) is 4.90 Å². The average Bonchev–Trinajstić information content (AvgIpc) is 2.66. The third-order valence-corrected chi connectivity index (χ3v) is 6.01. The second kappa shape index (κ2) is 6.12. The fraction of sp³-hybridized carbons (Fsp3) is 1.00. The Balaban J connectivity index is 1.48. The van der Waals surface area contributed by atoms with Crippen molar-refractivity contribution < 1.29 is 0 Å². The first-order valence-electron chi connectivity index (χ1n) is 7.60. The minimum Gasteiger partial charge on any atom is -0.317 e. The molecule has 3 aliphatic rings. The van der Waals surface area contributed by atoms with Gasteiger partial charge >= 0.3 is 0 Å². The molecule has 0 aromatic heterocycles. The van der Waals surface area contributed by atoms with E-state index in [1.54, 1.807) is 0 Å². The Morgan fingerprint density at radius 2 is 1.72 bits per heavy atom. The third-order valence-electron chi connectivity index (χ3n) is 5.07. The van der Waals surface area contributed by atoms with Gasteiger partial charge in [0.05, 0.1) is 0 Å². The number of nitrogens with zero attached hydrogens (tertiary/aromatic N) is 2. The van der Waals surface area contributed by atoms with Crippen molar-refractivity contribution in [2.45, 2.75) is 43.8 Å². The van der Waals surface area contributed by atoms with Crippen LogP contribution in [-0.4, -0.2) is 72.7 Å². The second-order valence-corrected chi connectivity index (χ2v) is 7.26. The lowest BCUT2D eigenvalue weighted by Gasteiger charge is -2.40. The maximum absolute atomic E-state index is 3.49. The molecule has 3 nitrogen and oxygen atoms in total. The Hall–Kier alpha value is 0.230. The SMILES string of the molecule is CNC1CC2CCC(C1)N2CCN1CCSCC1. The first kappa shape index (κ1) is 13.2. The van der Waals surface area contributed by atoms with E-state index in [-0.39, 0.29) is 0 Å². The van der Waals surface area contributed by atoms with Crippen molar-refractivity contribution in [2.24, 2.45) is 0 Å². The Morgan fingerprint density at radius 3 is 2.33 bits per heavy atom. The largest absolute Gasteiger partial charge is 0.317 e. The van der Waals surface area contributed by atoms with Crippen LogP contribution in [-0.2, 0) is 0 Å². The maximum Gasteiger partial charge on any atom is 0.0115 e.